The topological polar surface area (TPSA) is 35.5 Å². The Morgan fingerprint density at radius 2 is 2.15 bits per heavy atom. The summed E-state index contributed by atoms with van der Waals surface area (Å²) in [5.41, 5.74) is 2.50. The highest BCUT2D eigenvalue weighted by Crippen LogP contribution is 2.28. The Labute approximate surface area is 130 Å². The molecule has 1 aliphatic carbocycles. The van der Waals surface area contributed by atoms with E-state index in [1.165, 1.54) is 30.5 Å². The number of unbranched alkanes of at least 4 members (excludes halogenated alkanes) is 1. The Balaban J connectivity index is 2.00. The Bertz CT molecular complexity index is 421. The maximum Gasteiger partial charge on any atom is 0.0606 e. The minimum Gasteiger partial charge on any atom is -0.395 e. The number of nitrogens with zero attached hydrogens (tertiary/aromatic N) is 1. The molecular weight excluding hydrogens is 316 g/mol. The summed E-state index contributed by atoms with van der Waals surface area (Å²) >= 11 is 3.68. The maximum atomic E-state index is 9.23. The summed E-state index contributed by atoms with van der Waals surface area (Å²) in [6.45, 7) is 5.02. The zero-order chi connectivity index (χ0) is 14.4. The summed E-state index contributed by atoms with van der Waals surface area (Å²) in [5.74, 6) is 0. The average Bonchev–Trinajstić information content (AvgIpc) is 3.26. The molecule has 1 saturated carbocycles. The number of hydrogen-bond donors (Lipinski definition) is 2. The Kier molecular flexibility index (Phi) is 6.33. The lowest BCUT2D eigenvalue weighted by Gasteiger charge is -2.25. The average molecular weight is 341 g/mol. The quantitative estimate of drug-likeness (QED) is 0.723. The van der Waals surface area contributed by atoms with Crippen molar-refractivity contribution in [3.8, 4) is 0 Å². The zero-order valence-corrected chi connectivity index (χ0v) is 13.8. The molecule has 0 unspecified atom stereocenters. The van der Waals surface area contributed by atoms with Crippen LogP contribution in [0.15, 0.2) is 22.7 Å². The number of aliphatic hydroxyl groups is 1. The van der Waals surface area contributed by atoms with Crippen LogP contribution >= 0.6 is 15.9 Å². The van der Waals surface area contributed by atoms with E-state index in [2.05, 4.69) is 51.3 Å². The van der Waals surface area contributed by atoms with Gasteiger partial charge in [-0.3, -0.25) is 0 Å². The van der Waals surface area contributed by atoms with E-state index in [0.29, 0.717) is 6.54 Å². The van der Waals surface area contributed by atoms with Crippen molar-refractivity contribution in [3.63, 3.8) is 0 Å². The lowest BCUT2D eigenvalue weighted by Crippen LogP contribution is -2.28. The number of aliphatic hydroxyl groups excluding tert-OH is 1. The second kappa shape index (κ2) is 8.01. The van der Waals surface area contributed by atoms with Gasteiger partial charge in [0.2, 0.25) is 0 Å². The fraction of sp³-hybridized carbons (Fsp3) is 0.625. The molecule has 1 aliphatic rings. The SMILES string of the molecule is CCCCN(CCO)c1ccc(CNC2CC2)cc1Br. The molecule has 0 heterocycles. The van der Waals surface area contributed by atoms with E-state index in [0.717, 1.165) is 30.0 Å². The fourth-order valence-electron chi connectivity index (χ4n) is 2.29. The molecule has 0 amide bonds. The molecule has 1 aromatic carbocycles. The first-order valence-electron chi connectivity index (χ1n) is 7.62. The van der Waals surface area contributed by atoms with Crippen molar-refractivity contribution in [3.05, 3.63) is 28.2 Å². The van der Waals surface area contributed by atoms with Crippen molar-refractivity contribution in [1.82, 2.24) is 5.32 Å². The molecule has 20 heavy (non-hydrogen) atoms. The number of halogens is 1. The summed E-state index contributed by atoms with van der Waals surface area (Å²) in [7, 11) is 0. The van der Waals surface area contributed by atoms with Crippen LogP contribution < -0.4 is 10.2 Å². The zero-order valence-electron chi connectivity index (χ0n) is 12.2. The molecule has 0 radical (unpaired) electrons. The van der Waals surface area contributed by atoms with Gasteiger partial charge in [0.15, 0.2) is 0 Å². The minimum atomic E-state index is 0.196. The van der Waals surface area contributed by atoms with Gasteiger partial charge in [-0.05, 0) is 52.9 Å². The Hall–Kier alpha value is -0.580. The highest BCUT2D eigenvalue weighted by atomic mass is 79.9. The monoisotopic (exact) mass is 340 g/mol. The molecule has 2 N–H and O–H groups in total. The predicted molar refractivity (Wildman–Crippen MR) is 88.2 cm³/mol. The van der Waals surface area contributed by atoms with Crippen molar-refractivity contribution in [2.75, 3.05) is 24.6 Å². The lowest BCUT2D eigenvalue weighted by atomic mass is 10.2. The number of hydrogen-bond acceptors (Lipinski definition) is 3. The van der Waals surface area contributed by atoms with E-state index < -0.39 is 0 Å². The van der Waals surface area contributed by atoms with Gasteiger partial charge in [-0.1, -0.05) is 19.4 Å². The van der Waals surface area contributed by atoms with E-state index in [1.54, 1.807) is 0 Å². The Morgan fingerprint density at radius 3 is 2.75 bits per heavy atom. The Morgan fingerprint density at radius 1 is 1.35 bits per heavy atom. The normalized spacial score (nSPS) is 14.6. The van der Waals surface area contributed by atoms with Crippen LogP contribution in [-0.4, -0.2) is 30.8 Å². The molecule has 0 aliphatic heterocycles. The summed E-state index contributed by atoms with van der Waals surface area (Å²) in [6.07, 6.45) is 4.96. The van der Waals surface area contributed by atoms with Crippen molar-refractivity contribution >= 4 is 21.6 Å². The molecule has 0 spiro atoms. The molecule has 3 nitrogen and oxygen atoms in total. The first kappa shape index (κ1) is 15.8. The van der Waals surface area contributed by atoms with Gasteiger partial charge in [0.25, 0.3) is 0 Å². The molecule has 0 saturated heterocycles. The second-order valence-electron chi connectivity index (χ2n) is 5.51. The second-order valence-corrected chi connectivity index (χ2v) is 6.36. The molecule has 2 rings (SSSR count). The van der Waals surface area contributed by atoms with Gasteiger partial charge < -0.3 is 15.3 Å². The summed E-state index contributed by atoms with van der Waals surface area (Å²) in [4.78, 5) is 2.26. The third kappa shape index (κ3) is 4.76. The first-order chi connectivity index (χ1) is 9.74. The lowest BCUT2D eigenvalue weighted by molar-refractivity contribution is 0.301. The van der Waals surface area contributed by atoms with Crippen molar-refractivity contribution in [2.45, 2.75) is 45.2 Å². The molecular formula is C16H25BrN2O. The van der Waals surface area contributed by atoms with Gasteiger partial charge in [0.05, 0.1) is 12.3 Å². The summed E-state index contributed by atoms with van der Waals surface area (Å²) in [6, 6.07) is 7.29. The minimum absolute atomic E-state index is 0.196. The van der Waals surface area contributed by atoms with E-state index in [-0.39, 0.29) is 6.61 Å². The van der Waals surface area contributed by atoms with Crippen molar-refractivity contribution in [1.29, 1.82) is 0 Å². The van der Waals surface area contributed by atoms with Crippen LogP contribution in [0.2, 0.25) is 0 Å². The van der Waals surface area contributed by atoms with E-state index in [4.69, 9.17) is 0 Å². The van der Waals surface area contributed by atoms with Crippen LogP contribution in [0.25, 0.3) is 0 Å². The first-order valence-corrected chi connectivity index (χ1v) is 8.41. The fourth-order valence-corrected chi connectivity index (χ4v) is 2.97. The van der Waals surface area contributed by atoms with Gasteiger partial charge in [-0.25, -0.2) is 0 Å². The number of nitrogens with one attached hydrogen (secondary N) is 1. The molecule has 1 fully saturated rings. The predicted octanol–water partition coefficient (Wildman–Crippen LogP) is 3.30. The van der Waals surface area contributed by atoms with Gasteiger partial charge in [-0.15, -0.1) is 0 Å². The van der Waals surface area contributed by atoms with Crippen molar-refractivity contribution < 1.29 is 5.11 Å². The van der Waals surface area contributed by atoms with Crippen LogP contribution in [-0.2, 0) is 6.54 Å². The molecule has 4 heteroatoms. The van der Waals surface area contributed by atoms with Crippen molar-refractivity contribution in [2.24, 2.45) is 0 Å². The third-order valence-electron chi connectivity index (χ3n) is 3.68. The summed E-state index contributed by atoms with van der Waals surface area (Å²) in [5, 5.41) is 12.8. The number of benzene rings is 1. The molecule has 112 valence electrons. The summed E-state index contributed by atoms with van der Waals surface area (Å²) < 4.78 is 1.12. The highest BCUT2D eigenvalue weighted by Gasteiger charge is 2.20. The molecule has 0 bridgehead atoms. The third-order valence-corrected chi connectivity index (χ3v) is 4.31. The number of rotatable bonds is 9. The number of anilines is 1. The van der Waals surface area contributed by atoms with Crippen LogP contribution in [0, 0.1) is 0 Å². The van der Waals surface area contributed by atoms with Crippen LogP contribution in [0.5, 0.6) is 0 Å². The van der Waals surface area contributed by atoms with Gasteiger partial charge in [-0.2, -0.15) is 0 Å². The smallest absolute Gasteiger partial charge is 0.0606 e. The van der Waals surface area contributed by atoms with E-state index in [1.807, 2.05) is 0 Å². The molecule has 1 aromatic rings. The highest BCUT2D eigenvalue weighted by molar-refractivity contribution is 9.10. The van der Waals surface area contributed by atoms with Gasteiger partial charge in [0, 0.05) is 30.1 Å². The molecule has 0 atom stereocenters. The van der Waals surface area contributed by atoms with Crippen LogP contribution in [0.4, 0.5) is 5.69 Å². The van der Waals surface area contributed by atoms with Crippen LogP contribution in [0.3, 0.4) is 0 Å². The van der Waals surface area contributed by atoms with Gasteiger partial charge >= 0.3 is 0 Å². The van der Waals surface area contributed by atoms with Gasteiger partial charge in [0.1, 0.15) is 0 Å². The largest absolute Gasteiger partial charge is 0.395 e. The van der Waals surface area contributed by atoms with E-state index in [9.17, 15) is 5.11 Å². The standard InChI is InChI=1S/C16H25BrN2O/c1-2-3-8-19(9-10-20)16-7-4-13(11-15(16)17)12-18-14-5-6-14/h4,7,11,14,18,20H,2-3,5-6,8-10,12H2,1H3. The molecule has 0 aromatic heterocycles. The van der Waals surface area contributed by atoms with Crippen LogP contribution in [0.1, 0.15) is 38.2 Å². The van der Waals surface area contributed by atoms with E-state index >= 15 is 0 Å². The maximum absolute atomic E-state index is 9.23.